The molecule has 0 bridgehead atoms. The lowest BCUT2D eigenvalue weighted by Gasteiger charge is -2.30. The summed E-state index contributed by atoms with van der Waals surface area (Å²) in [4.78, 5) is 32.3. The summed E-state index contributed by atoms with van der Waals surface area (Å²) >= 11 is 1.43. The number of aromatic nitrogens is 1. The van der Waals surface area contributed by atoms with E-state index in [1.54, 1.807) is 4.90 Å². The number of ether oxygens (including phenoxy) is 1. The Morgan fingerprint density at radius 3 is 2.81 bits per heavy atom. The molecule has 0 saturated carbocycles. The van der Waals surface area contributed by atoms with Crippen LogP contribution in [0.25, 0.3) is 10.2 Å². The fourth-order valence-electron chi connectivity index (χ4n) is 4.35. The molecule has 3 aliphatic rings. The lowest BCUT2D eigenvalue weighted by atomic mass is 10.1. The molecule has 1 aromatic heterocycles. The summed E-state index contributed by atoms with van der Waals surface area (Å²) in [5, 5.41) is 6.16. The molecule has 2 fully saturated rings. The third kappa shape index (κ3) is 4.28. The van der Waals surface area contributed by atoms with Gasteiger partial charge in [-0.1, -0.05) is 23.5 Å². The largest absolute Gasteiger partial charge is 0.376 e. The second-order valence-electron chi connectivity index (χ2n) is 8.36. The van der Waals surface area contributed by atoms with Gasteiger partial charge in [0.2, 0.25) is 5.91 Å². The molecule has 2 unspecified atom stereocenters. The number of hydrogen-bond acceptors (Lipinski definition) is 8. The van der Waals surface area contributed by atoms with Gasteiger partial charge in [-0.05, 0) is 31.4 Å². The number of fused-ring (bicyclic) bond motifs is 1. The summed E-state index contributed by atoms with van der Waals surface area (Å²) in [5.74, 6) is -0.620. The minimum Gasteiger partial charge on any atom is -0.376 e. The van der Waals surface area contributed by atoms with E-state index in [0.29, 0.717) is 24.7 Å². The van der Waals surface area contributed by atoms with Crippen LogP contribution in [0.5, 0.6) is 0 Å². The van der Waals surface area contributed by atoms with Crippen molar-refractivity contribution >= 4 is 54.0 Å². The number of sulfone groups is 1. The van der Waals surface area contributed by atoms with Crippen LogP contribution in [-0.4, -0.2) is 72.7 Å². The SMILES string of the molecule is O=C(C1=NN(C2CCS(=O)(=O)C2)C(=O)CC1)N(CC1CCCO1)c1nc2ccccc2s1. The standard InChI is InChI=1S/C21H24N4O5S2/c26-19-8-7-17(23-25(19)14-9-11-32(28,29)13-14)20(27)24(12-15-4-3-10-30-15)21-22-16-5-1-2-6-18(16)31-21/h1-2,5-6,14-15H,3-4,7-13H2. The molecule has 32 heavy (non-hydrogen) atoms. The van der Waals surface area contributed by atoms with E-state index in [-0.39, 0.29) is 48.0 Å². The summed E-state index contributed by atoms with van der Waals surface area (Å²) in [5.41, 5.74) is 1.07. The van der Waals surface area contributed by atoms with E-state index in [2.05, 4.69) is 10.1 Å². The van der Waals surface area contributed by atoms with Crippen molar-refractivity contribution in [2.45, 2.75) is 44.2 Å². The number of benzene rings is 1. The van der Waals surface area contributed by atoms with Crippen LogP contribution in [0, 0.1) is 0 Å². The maximum absolute atomic E-state index is 13.6. The van der Waals surface area contributed by atoms with Crippen molar-refractivity contribution in [1.29, 1.82) is 0 Å². The van der Waals surface area contributed by atoms with Crippen molar-refractivity contribution < 1.29 is 22.7 Å². The average Bonchev–Trinajstić information content (AvgIpc) is 3.51. The number of hydrazone groups is 1. The quantitative estimate of drug-likeness (QED) is 0.653. The molecular formula is C21H24N4O5S2. The molecule has 11 heteroatoms. The minimum absolute atomic E-state index is 0.0388. The van der Waals surface area contributed by atoms with Crippen molar-refractivity contribution in [3.8, 4) is 0 Å². The van der Waals surface area contributed by atoms with Gasteiger partial charge in [0.1, 0.15) is 5.71 Å². The van der Waals surface area contributed by atoms with Gasteiger partial charge in [-0.3, -0.25) is 14.5 Å². The van der Waals surface area contributed by atoms with Crippen LogP contribution in [0.3, 0.4) is 0 Å². The summed E-state index contributed by atoms with van der Waals surface area (Å²) in [6.45, 7) is 1.04. The predicted octanol–water partition coefficient (Wildman–Crippen LogP) is 1.97. The highest BCUT2D eigenvalue weighted by Gasteiger charge is 2.38. The number of carbonyl (C=O) groups is 2. The number of thiazole rings is 1. The van der Waals surface area contributed by atoms with E-state index in [4.69, 9.17) is 4.74 Å². The summed E-state index contributed by atoms with van der Waals surface area (Å²) in [6.07, 6.45) is 2.44. The van der Waals surface area contributed by atoms with Crippen molar-refractivity contribution in [2.75, 3.05) is 29.6 Å². The number of rotatable bonds is 5. The number of amides is 2. The molecule has 2 saturated heterocycles. The molecule has 1 aromatic carbocycles. The number of anilines is 1. The normalized spacial score (nSPS) is 25.3. The van der Waals surface area contributed by atoms with Gasteiger partial charge < -0.3 is 4.74 Å². The molecule has 9 nitrogen and oxygen atoms in total. The van der Waals surface area contributed by atoms with Crippen molar-refractivity contribution in [2.24, 2.45) is 5.10 Å². The number of para-hydroxylation sites is 1. The van der Waals surface area contributed by atoms with E-state index < -0.39 is 15.9 Å². The maximum Gasteiger partial charge on any atom is 0.276 e. The molecule has 2 amide bonds. The van der Waals surface area contributed by atoms with Gasteiger partial charge in [0.25, 0.3) is 5.91 Å². The molecule has 2 atom stereocenters. The second kappa shape index (κ2) is 8.53. The molecule has 170 valence electrons. The lowest BCUT2D eigenvalue weighted by molar-refractivity contribution is -0.133. The highest BCUT2D eigenvalue weighted by atomic mass is 32.2. The number of hydrogen-bond donors (Lipinski definition) is 0. The molecule has 0 radical (unpaired) electrons. The van der Waals surface area contributed by atoms with E-state index in [0.717, 1.165) is 23.1 Å². The molecular weight excluding hydrogens is 452 g/mol. The predicted molar refractivity (Wildman–Crippen MR) is 122 cm³/mol. The van der Waals surface area contributed by atoms with Crippen LogP contribution in [-0.2, 0) is 24.2 Å². The summed E-state index contributed by atoms with van der Waals surface area (Å²) in [7, 11) is -3.18. The Kier molecular flexibility index (Phi) is 5.72. The minimum atomic E-state index is -3.18. The highest BCUT2D eigenvalue weighted by molar-refractivity contribution is 7.91. The molecule has 2 aromatic rings. The van der Waals surface area contributed by atoms with Crippen LogP contribution in [0.4, 0.5) is 5.13 Å². The van der Waals surface area contributed by atoms with Gasteiger partial charge in [0, 0.05) is 19.4 Å². The Hall–Kier alpha value is -2.37. The van der Waals surface area contributed by atoms with Gasteiger partial charge >= 0.3 is 0 Å². The van der Waals surface area contributed by atoms with Crippen molar-refractivity contribution in [3.63, 3.8) is 0 Å². The zero-order valence-corrected chi connectivity index (χ0v) is 19.1. The first-order valence-electron chi connectivity index (χ1n) is 10.8. The van der Waals surface area contributed by atoms with Crippen molar-refractivity contribution in [1.82, 2.24) is 9.99 Å². The molecule has 3 aliphatic heterocycles. The van der Waals surface area contributed by atoms with Crippen LogP contribution in [0.2, 0.25) is 0 Å². The topological polar surface area (TPSA) is 109 Å². The molecule has 0 N–H and O–H groups in total. The number of nitrogens with zero attached hydrogens (tertiary/aromatic N) is 4. The molecule has 5 rings (SSSR count). The zero-order chi connectivity index (χ0) is 22.3. The van der Waals surface area contributed by atoms with Gasteiger partial charge in [0.05, 0.1) is 40.4 Å². The first-order valence-corrected chi connectivity index (χ1v) is 13.4. The first kappa shape index (κ1) is 21.5. The van der Waals surface area contributed by atoms with E-state index >= 15 is 0 Å². The van der Waals surface area contributed by atoms with E-state index in [1.807, 2.05) is 24.3 Å². The van der Waals surface area contributed by atoms with Crippen LogP contribution in [0.15, 0.2) is 29.4 Å². The van der Waals surface area contributed by atoms with E-state index in [1.165, 1.54) is 16.3 Å². The van der Waals surface area contributed by atoms with E-state index in [9.17, 15) is 18.0 Å². The smallest absolute Gasteiger partial charge is 0.276 e. The Balaban J connectivity index is 1.45. The molecule has 0 spiro atoms. The van der Waals surface area contributed by atoms with Gasteiger partial charge in [-0.2, -0.15) is 5.10 Å². The Morgan fingerprint density at radius 1 is 1.25 bits per heavy atom. The van der Waals surface area contributed by atoms with Crippen LogP contribution in [0.1, 0.15) is 32.1 Å². The Labute approximate surface area is 190 Å². The van der Waals surface area contributed by atoms with Crippen molar-refractivity contribution in [3.05, 3.63) is 24.3 Å². The van der Waals surface area contributed by atoms with Gasteiger partial charge in [-0.15, -0.1) is 0 Å². The first-order chi connectivity index (χ1) is 15.4. The molecule has 4 heterocycles. The summed E-state index contributed by atoms with van der Waals surface area (Å²) < 4.78 is 30.5. The maximum atomic E-state index is 13.6. The fraction of sp³-hybridized carbons (Fsp3) is 0.524. The Morgan fingerprint density at radius 2 is 2.09 bits per heavy atom. The Bertz CT molecular complexity index is 1150. The average molecular weight is 477 g/mol. The van der Waals surface area contributed by atoms with Gasteiger partial charge in [0.15, 0.2) is 15.0 Å². The third-order valence-electron chi connectivity index (χ3n) is 6.03. The zero-order valence-electron chi connectivity index (χ0n) is 17.5. The highest BCUT2D eigenvalue weighted by Crippen LogP contribution is 2.31. The monoisotopic (exact) mass is 476 g/mol. The van der Waals surface area contributed by atoms with Gasteiger partial charge in [-0.25, -0.2) is 18.4 Å². The van der Waals surface area contributed by atoms with Crippen LogP contribution < -0.4 is 4.90 Å². The number of carbonyl (C=O) groups excluding carboxylic acids is 2. The summed E-state index contributed by atoms with van der Waals surface area (Å²) in [6, 6.07) is 7.20. The lowest BCUT2D eigenvalue weighted by Crippen LogP contribution is -2.46. The molecule has 0 aliphatic carbocycles. The van der Waals surface area contributed by atoms with Crippen LogP contribution >= 0.6 is 11.3 Å². The second-order valence-corrected chi connectivity index (χ2v) is 11.6. The fourth-order valence-corrected chi connectivity index (χ4v) is 7.02. The third-order valence-corrected chi connectivity index (χ3v) is 8.84.